The highest BCUT2D eigenvalue weighted by Crippen LogP contribution is 2.32. The van der Waals surface area contributed by atoms with Gasteiger partial charge in [-0.25, -0.2) is 13.8 Å². The van der Waals surface area contributed by atoms with Crippen LogP contribution in [-0.2, 0) is 19.1 Å². The van der Waals surface area contributed by atoms with Crippen molar-refractivity contribution in [3.05, 3.63) is 94.9 Å². The molecule has 1 saturated heterocycles. The molecule has 41 heavy (non-hydrogen) atoms. The Morgan fingerprint density at radius 3 is 2.41 bits per heavy atom. The molecule has 1 aliphatic heterocycles. The topological polar surface area (TPSA) is 52.9 Å². The van der Waals surface area contributed by atoms with Gasteiger partial charge in [-0.2, -0.15) is 13.2 Å². The van der Waals surface area contributed by atoms with Crippen molar-refractivity contribution in [1.29, 1.82) is 0 Å². The molecule has 0 aliphatic carbocycles. The average Bonchev–Trinajstić information content (AvgIpc) is 3.29. The van der Waals surface area contributed by atoms with Crippen molar-refractivity contribution in [2.45, 2.75) is 39.0 Å². The highest BCUT2D eigenvalue weighted by atomic mass is 35.5. The molecule has 4 aromatic rings. The van der Waals surface area contributed by atoms with E-state index < -0.39 is 29.3 Å². The zero-order valence-electron chi connectivity index (χ0n) is 22.4. The fourth-order valence-electron chi connectivity index (χ4n) is 5.14. The lowest BCUT2D eigenvalue weighted by atomic mass is 10.1. The molecule has 0 bridgehead atoms. The predicted molar refractivity (Wildman–Crippen MR) is 150 cm³/mol. The van der Waals surface area contributed by atoms with Gasteiger partial charge in [-0.1, -0.05) is 13.0 Å². The van der Waals surface area contributed by atoms with E-state index >= 15 is 4.39 Å². The average molecular weight is 594 g/mol. The lowest BCUT2D eigenvalue weighted by Gasteiger charge is -2.42. The molecule has 12 heteroatoms. The van der Waals surface area contributed by atoms with Gasteiger partial charge in [0.25, 0.3) is 5.91 Å². The normalized spacial score (nSPS) is 15.6. The molecule has 0 unspecified atom stereocenters. The third-order valence-corrected chi connectivity index (χ3v) is 7.17. The second-order valence-electron chi connectivity index (χ2n) is 9.84. The summed E-state index contributed by atoms with van der Waals surface area (Å²) >= 11 is 0. The molecular formula is C29H29ClF5N5O. The highest BCUT2D eigenvalue weighted by molar-refractivity contribution is 5.94. The molecule has 6 nitrogen and oxygen atoms in total. The van der Waals surface area contributed by atoms with E-state index in [0.717, 1.165) is 12.1 Å². The Bertz CT molecular complexity index is 1540. The van der Waals surface area contributed by atoms with Gasteiger partial charge in [-0.3, -0.25) is 9.20 Å². The van der Waals surface area contributed by atoms with Crippen molar-refractivity contribution < 1.29 is 26.7 Å². The fourth-order valence-corrected chi connectivity index (χ4v) is 5.14. The molecule has 218 valence electrons. The standard InChI is InChI=1S/C29H28F5N5O.ClH/c1-3-24-27(39-11-10-21(30)15-26(39)36-24)28(40)35-16-19-4-9-25(23(31)14-19)37-12-13-38(18(2)17-37)22-7-5-20(6-8-22)29(32,33)34;/h4-11,14-15,18H,3,12-13,16-17H2,1-2H3,(H,35,40);1H/t18-;/m0./s1. The number of fused-ring (bicyclic) bond motifs is 1. The first kappa shape index (κ1) is 30.1. The van der Waals surface area contributed by atoms with Crippen LogP contribution in [0.3, 0.4) is 0 Å². The molecule has 1 amide bonds. The summed E-state index contributed by atoms with van der Waals surface area (Å²) in [5.74, 6) is -1.27. The number of alkyl halides is 3. The van der Waals surface area contributed by atoms with Gasteiger partial charge in [-0.05, 0) is 61.4 Å². The number of carbonyl (C=O) groups excluding carboxylic acids is 1. The Hall–Kier alpha value is -3.86. The lowest BCUT2D eigenvalue weighted by Crippen LogP contribution is -2.52. The minimum atomic E-state index is -4.39. The summed E-state index contributed by atoms with van der Waals surface area (Å²) in [5.41, 5.74) is 2.18. The first-order valence-electron chi connectivity index (χ1n) is 13.0. The molecule has 2 aromatic heterocycles. The van der Waals surface area contributed by atoms with Crippen LogP contribution < -0.4 is 15.1 Å². The second kappa shape index (κ2) is 11.9. The molecule has 1 aliphatic rings. The first-order chi connectivity index (χ1) is 19.0. The number of imidazole rings is 1. The van der Waals surface area contributed by atoms with Crippen molar-refractivity contribution in [3.8, 4) is 0 Å². The number of piperazine rings is 1. The summed E-state index contributed by atoms with van der Waals surface area (Å²) < 4.78 is 69.0. The zero-order valence-corrected chi connectivity index (χ0v) is 23.2. The van der Waals surface area contributed by atoms with Crippen molar-refractivity contribution in [3.63, 3.8) is 0 Å². The van der Waals surface area contributed by atoms with Crippen molar-refractivity contribution in [2.75, 3.05) is 29.4 Å². The van der Waals surface area contributed by atoms with Gasteiger partial charge in [-0.15, -0.1) is 12.4 Å². The number of anilines is 2. The number of aromatic nitrogens is 2. The first-order valence-corrected chi connectivity index (χ1v) is 13.0. The maximum atomic E-state index is 15.2. The Labute approximate surface area is 240 Å². The van der Waals surface area contributed by atoms with Crippen LogP contribution in [0.5, 0.6) is 0 Å². The van der Waals surface area contributed by atoms with E-state index in [4.69, 9.17) is 0 Å². The second-order valence-corrected chi connectivity index (χ2v) is 9.84. The Morgan fingerprint density at radius 1 is 1.05 bits per heavy atom. The summed E-state index contributed by atoms with van der Waals surface area (Å²) in [4.78, 5) is 21.2. The molecule has 0 spiro atoms. The lowest BCUT2D eigenvalue weighted by molar-refractivity contribution is -0.137. The summed E-state index contributed by atoms with van der Waals surface area (Å²) in [5, 5.41) is 2.80. The van der Waals surface area contributed by atoms with Gasteiger partial charge in [0.15, 0.2) is 0 Å². The van der Waals surface area contributed by atoms with Gasteiger partial charge in [0, 0.05) is 50.2 Å². The van der Waals surface area contributed by atoms with E-state index in [1.54, 1.807) is 12.1 Å². The summed E-state index contributed by atoms with van der Waals surface area (Å²) in [6, 6.07) is 12.3. The molecule has 1 N–H and O–H groups in total. The van der Waals surface area contributed by atoms with Crippen molar-refractivity contribution in [2.24, 2.45) is 0 Å². The minimum absolute atomic E-state index is 0. The number of amides is 1. The molecule has 0 saturated carbocycles. The molecule has 5 rings (SSSR count). The van der Waals surface area contributed by atoms with Crippen LogP contribution in [0, 0.1) is 11.6 Å². The smallest absolute Gasteiger partial charge is 0.365 e. The number of hydrogen-bond donors (Lipinski definition) is 1. The monoisotopic (exact) mass is 593 g/mol. The van der Waals surface area contributed by atoms with E-state index in [2.05, 4.69) is 10.3 Å². The van der Waals surface area contributed by atoms with Gasteiger partial charge in [0.05, 0.1) is 16.9 Å². The summed E-state index contributed by atoms with van der Waals surface area (Å²) in [6.45, 7) is 5.39. The minimum Gasteiger partial charge on any atom is -0.365 e. The number of hydrogen-bond acceptors (Lipinski definition) is 4. The number of rotatable bonds is 6. The van der Waals surface area contributed by atoms with E-state index in [1.807, 2.05) is 23.6 Å². The van der Waals surface area contributed by atoms with Crippen LogP contribution in [0.2, 0.25) is 0 Å². The largest absolute Gasteiger partial charge is 0.416 e. The Balaban J connectivity index is 0.00000387. The molecule has 1 fully saturated rings. The van der Waals surface area contributed by atoms with E-state index in [-0.39, 0.29) is 25.0 Å². The Morgan fingerprint density at radius 2 is 1.78 bits per heavy atom. The van der Waals surface area contributed by atoms with Crippen LogP contribution in [0.25, 0.3) is 5.65 Å². The Kier molecular flexibility index (Phi) is 8.77. The SMILES string of the molecule is CCc1nc2cc(F)ccn2c1C(=O)NCc1ccc(N2CCN(c3ccc(C(F)(F)F)cc3)[C@@H](C)C2)c(F)c1.Cl. The molecule has 2 aromatic carbocycles. The number of nitrogens with one attached hydrogen (secondary N) is 1. The third-order valence-electron chi connectivity index (χ3n) is 7.17. The summed E-state index contributed by atoms with van der Waals surface area (Å²) in [6.07, 6.45) is -2.44. The number of aryl methyl sites for hydroxylation is 1. The summed E-state index contributed by atoms with van der Waals surface area (Å²) in [7, 11) is 0. The maximum absolute atomic E-state index is 15.2. The fraction of sp³-hybridized carbons (Fsp3) is 0.310. The van der Waals surface area contributed by atoms with Gasteiger partial charge >= 0.3 is 6.18 Å². The van der Waals surface area contributed by atoms with Crippen LogP contribution in [0.1, 0.15) is 41.2 Å². The van der Waals surface area contributed by atoms with Crippen LogP contribution in [0.15, 0.2) is 60.8 Å². The number of nitrogens with zero attached hydrogens (tertiary/aromatic N) is 4. The van der Waals surface area contributed by atoms with Gasteiger partial charge in [0.2, 0.25) is 0 Å². The number of halogens is 6. The zero-order chi connectivity index (χ0) is 28.6. The number of carbonyl (C=O) groups is 1. The van der Waals surface area contributed by atoms with E-state index in [9.17, 15) is 22.4 Å². The van der Waals surface area contributed by atoms with E-state index in [0.29, 0.717) is 60.0 Å². The van der Waals surface area contributed by atoms with Crippen LogP contribution in [-0.4, -0.2) is 41.0 Å². The number of pyridine rings is 1. The maximum Gasteiger partial charge on any atom is 0.416 e. The van der Waals surface area contributed by atoms with Crippen LogP contribution >= 0.6 is 12.4 Å². The van der Waals surface area contributed by atoms with Gasteiger partial charge < -0.3 is 15.1 Å². The third kappa shape index (κ3) is 6.24. The van der Waals surface area contributed by atoms with Gasteiger partial charge in [0.1, 0.15) is 23.0 Å². The van der Waals surface area contributed by atoms with E-state index in [1.165, 1.54) is 40.9 Å². The highest BCUT2D eigenvalue weighted by Gasteiger charge is 2.31. The molecule has 0 radical (unpaired) electrons. The molecular weight excluding hydrogens is 565 g/mol. The quantitative estimate of drug-likeness (QED) is 0.268. The number of benzene rings is 2. The van der Waals surface area contributed by atoms with Crippen LogP contribution in [0.4, 0.5) is 33.3 Å². The molecule has 1 atom stereocenters. The van der Waals surface area contributed by atoms with Crippen molar-refractivity contribution in [1.82, 2.24) is 14.7 Å². The van der Waals surface area contributed by atoms with Crippen molar-refractivity contribution >= 4 is 35.3 Å². The molecule has 3 heterocycles. The predicted octanol–water partition coefficient (Wildman–Crippen LogP) is 6.26.